The average Bonchev–Trinajstić information content (AvgIpc) is 3.36. The molecular weight excluding hydrogens is 550 g/mol. The largest absolute Gasteiger partial charge is 0.508 e. The first-order chi connectivity index (χ1) is 20.0. The second-order valence-electron chi connectivity index (χ2n) is 9.68. The first-order valence-electron chi connectivity index (χ1n) is 13.0. The number of aromatic hydroxyl groups is 1. The zero-order chi connectivity index (χ0) is 30.8. The summed E-state index contributed by atoms with van der Waals surface area (Å²) in [6.45, 7) is -0.936. The molecule has 0 fully saturated rings. The van der Waals surface area contributed by atoms with Gasteiger partial charge in [0, 0.05) is 29.9 Å². The molecule has 0 aliphatic heterocycles. The Morgan fingerprint density at radius 2 is 1.43 bits per heavy atom. The number of hydrogen-bond donors (Lipinski definition) is 9. The second-order valence-corrected chi connectivity index (χ2v) is 9.68. The van der Waals surface area contributed by atoms with Crippen LogP contribution in [0.15, 0.2) is 54.7 Å². The third kappa shape index (κ3) is 8.78. The van der Waals surface area contributed by atoms with Crippen LogP contribution >= 0.6 is 0 Å². The highest BCUT2D eigenvalue weighted by molar-refractivity contribution is 5.94. The van der Waals surface area contributed by atoms with Gasteiger partial charge in [-0.05, 0) is 42.2 Å². The van der Waals surface area contributed by atoms with Crippen molar-refractivity contribution in [1.82, 2.24) is 20.9 Å². The van der Waals surface area contributed by atoms with Crippen LogP contribution in [-0.4, -0.2) is 85.8 Å². The second kappa shape index (κ2) is 14.6. The van der Waals surface area contributed by atoms with Crippen LogP contribution in [0, 0.1) is 0 Å². The number of aliphatic hydroxyl groups excluding tert-OH is 1. The molecule has 0 aliphatic rings. The van der Waals surface area contributed by atoms with Gasteiger partial charge in [-0.3, -0.25) is 19.2 Å². The maximum Gasteiger partial charge on any atom is 0.328 e. The van der Waals surface area contributed by atoms with Crippen LogP contribution in [0.4, 0.5) is 0 Å². The number of nitrogens with two attached hydrogens (primary N) is 1. The van der Waals surface area contributed by atoms with Crippen LogP contribution in [0.25, 0.3) is 10.9 Å². The van der Waals surface area contributed by atoms with E-state index in [0.29, 0.717) is 5.56 Å². The monoisotopic (exact) mass is 583 g/mol. The van der Waals surface area contributed by atoms with Crippen molar-refractivity contribution in [1.29, 1.82) is 0 Å². The third-order valence-corrected chi connectivity index (χ3v) is 6.54. The summed E-state index contributed by atoms with van der Waals surface area (Å²) in [6, 6.07) is 7.75. The van der Waals surface area contributed by atoms with Gasteiger partial charge in [-0.25, -0.2) is 4.79 Å². The van der Waals surface area contributed by atoms with Crippen molar-refractivity contribution in [3.05, 3.63) is 65.9 Å². The Balaban J connectivity index is 1.79. The van der Waals surface area contributed by atoms with Gasteiger partial charge in [-0.15, -0.1) is 0 Å². The molecule has 42 heavy (non-hydrogen) atoms. The molecule has 4 unspecified atom stereocenters. The maximum absolute atomic E-state index is 13.4. The zero-order valence-corrected chi connectivity index (χ0v) is 22.4. The molecule has 14 heteroatoms. The fourth-order valence-electron chi connectivity index (χ4n) is 4.25. The average molecular weight is 584 g/mol. The molecule has 1 aromatic heterocycles. The lowest BCUT2D eigenvalue weighted by Gasteiger charge is -2.25. The number of hydrogen-bond acceptors (Lipinski definition) is 8. The molecule has 0 saturated carbocycles. The molecule has 0 bridgehead atoms. The van der Waals surface area contributed by atoms with Crippen molar-refractivity contribution in [3.8, 4) is 5.75 Å². The Labute approximate surface area is 239 Å². The minimum atomic E-state index is -1.68. The molecule has 0 spiro atoms. The van der Waals surface area contributed by atoms with Crippen molar-refractivity contribution >= 4 is 40.6 Å². The summed E-state index contributed by atoms with van der Waals surface area (Å²) in [7, 11) is 0. The van der Waals surface area contributed by atoms with E-state index in [9.17, 15) is 34.2 Å². The van der Waals surface area contributed by atoms with E-state index >= 15 is 0 Å². The first-order valence-corrected chi connectivity index (χ1v) is 13.0. The molecule has 0 saturated heterocycles. The van der Waals surface area contributed by atoms with E-state index in [1.54, 1.807) is 6.20 Å². The number of phenolic OH excluding ortho intramolecular Hbond substituents is 1. The molecule has 1 heterocycles. The number of carbonyl (C=O) groups excluding carboxylic acids is 3. The molecule has 0 aliphatic carbocycles. The summed E-state index contributed by atoms with van der Waals surface area (Å²) in [4.78, 5) is 64.8. The zero-order valence-electron chi connectivity index (χ0n) is 22.4. The highest BCUT2D eigenvalue weighted by Gasteiger charge is 2.31. The van der Waals surface area contributed by atoms with Crippen LogP contribution < -0.4 is 21.7 Å². The number of aliphatic hydroxyl groups is 1. The number of carboxylic acids is 2. The quantitative estimate of drug-likeness (QED) is 0.110. The summed E-state index contributed by atoms with van der Waals surface area (Å²) >= 11 is 0. The molecule has 224 valence electrons. The van der Waals surface area contributed by atoms with E-state index in [4.69, 9.17) is 15.9 Å². The van der Waals surface area contributed by atoms with Gasteiger partial charge in [0.05, 0.1) is 12.6 Å². The number of phenols is 1. The fourth-order valence-corrected chi connectivity index (χ4v) is 4.25. The van der Waals surface area contributed by atoms with Crippen molar-refractivity contribution < 1.29 is 44.4 Å². The van der Waals surface area contributed by atoms with E-state index in [0.717, 1.165) is 16.5 Å². The number of rotatable bonds is 15. The summed E-state index contributed by atoms with van der Waals surface area (Å²) in [5, 5.41) is 45.0. The molecule has 10 N–H and O–H groups in total. The van der Waals surface area contributed by atoms with Gasteiger partial charge >= 0.3 is 11.9 Å². The van der Waals surface area contributed by atoms with Crippen molar-refractivity contribution in [2.75, 3.05) is 6.61 Å². The summed E-state index contributed by atoms with van der Waals surface area (Å²) in [5.74, 6) is -5.38. The lowest BCUT2D eigenvalue weighted by molar-refractivity contribution is -0.144. The Bertz CT molecular complexity index is 1420. The Kier molecular flexibility index (Phi) is 11.0. The number of benzene rings is 2. The number of H-pyrrole nitrogens is 1. The highest BCUT2D eigenvalue weighted by atomic mass is 16.4. The molecule has 2 aromatic carbocycles. The number of carbonyl (C=O) groups is 5. The number of aliphatic carboxylic acids is 2. The third-order valence-electron chi connectivity index (χ3n) is 6.54. The van der Waals surface area contributed by atoms with E-state index < -0.39 is 73.3 Å². The summed E-state index contributed by atoms with van der Waals surface area (Å²) in [5.41, 5.74) is 8.38. The van der Waals surface area contributed by atoms with Gasteiger partial charge in [-0.1, -0.05) is 30.3 Å². The van der Waals surface area contributed by atoms with Crippen LogP contribution in [0.2, 0.25) is 0 Å². The number of aromatic amines is 1. The van der Waals surface area contributed by atoms with Crippen molar-refractivity contribution in [2.45, 2.75) is 49.9 Å². The fraction of sp³-hybridized carbons (Fsp3) is 0.321. The summed E-state index contributed by atoms with van der Waals surface area (Å²) < 4.78 is 0. The van der Waals surface area contributed by atoms with Crippen LogP contribution in [-0.2, 0) is 36.8 Å². The number of fused-ring (bicyclic) bond motifs is 1. The smallest absolute Gasteiger partial charge is 0.328 e. The minimum Gasteiger partial charge on any atom is -0.508 e. The minimum absolute atomic E-state index is 0.0215. The Morgan fingerprint density at radius 1 is 0.810 bits per heavy atom. The van der Waals surface area contributed by atoms with E-state index in [1.165, 1.54) is 24.3 Å². The van der Waals surface area contributed by atoms with Gasteiger partial charge in [-0.2, -0.15) is 0 Å². The number of para-hydroxylation sites is 1. The van der Waals surface area contributed by atoms with Gasteiger partial charge < -0.3 is 47.1 Å². The molecule has 3 rings (SSSR count). The predicted octanol–water partition coefficient (Wildman–Crippen LogP) is -0.618. The standard InChI is InChI=1S/C28H33N5O9/c29-19(12-16-13-30-20-4-2-1-3-18(16)20)25(38)32-22(11-15-5-7-17(35)8-6-15)27(40)31-21(9-10-24(36)37)26(39)33-23(14-34)28(41)42/h1-8,13,19,21-23,30,34-35H,9-12,14,29H2,(H,31,40)(H,32,38)(H,33,39)(H,36,37)(H,41,42). The van der Waals surface area contributed by atoms with Gasteiger partial charge in [0.15, 0.2) is 0 Å². The molecule has 3 amide bonds. The normalized spacial score (nSPS) is 13.9. The van der Waals surface area contributed by atoms with Gasteiger partial charge in [0.1, 0.15) is 23.9 Å². The Morgan fingerprint density at radius 3 is 2.07 bits per heavy atom. The molecule has 0 radical (unpaired) electrons. The lowest BCUT2D eigenvalue weighted by atomic mass is 10.0. The van der Waals surface area contributed by atoms with Crippen molar-refractivity contribution in [3.63, 3.8) is 0 Å². The van der Waals surface area contributed by atoms with Gasteiger partial charge in [0.25, 0.3) is 0 Å². The van der Waals surface area contributed by atoms with Gasteiger partial charge in [0.2, 0.25) is 17.7 Å². The lowest BCUT2D eigenvalue weighted by Crippen LogP contribution is -2.58. The van der Waals surface area contributed by atoms with E-state index in [-0.39, 0.29) is 18.6 Å². The van der Waals surface area contributed by atoms with Crippen LogP contribution in [0.5, 0.6) is 5.75 Å². The molecular formula is C28H33N5O9. The van der Waals surface area contributed by atoms with E-state index in [2.05, 4.69) is 20.9 Å². The molecule has 3 aromatic rings. The maximum atomic E-state index is 13.4. The Hall–Kier alpha value is -4.95. The number of aromatic nitrogens is 1. The molecule has 14 nitrogen and oxygen atoms in total. The first kappa shape index (κ1) is 31.6. The summed E-state index contributed by atoms with van der Waals surface area (Å²) in [6.07, 6.45) is 0.856. The SMILES string of the molecule is NC(Cc1c[nH]c2ccccc12)C(=O)NC(Cc1ccc(O)cc1)C(=O)NC(CCC(=O)O)C(=O)NC(CO)C(=O)O. The number of nitrogens with one attached hydrogen (secondary N) is 4. The van der Waals surface area contributed by atoms with Crippen LogP contribution in [0.1, 0.15) is 24.0 Å². The van der Waals surface area contributed by atoms with Crippen molar-refractivity contribution in [2.24, 2.45) is 5.73 Å². The number of carboxylic acid groups (broad SMARTS) is 2. The highest BCUT2D eigenvalue weighted by Crippen LogP contribution is 2.19. The topological polar surface area (TPSA) is 244 Å². The predicted molar refractivity (Wildman–Crippen MR) is 149 cm³/mol. The molecule has 4 atom stereocenters. The van der Waals surface area contributed by atoms with Crippen LogP contribution in [0.3, 0.4) is 0 Å². The van der Waals surface area contributed by atoms with E-state index in [1.807, 2.05) is 24.3 Å². The number of amides is 3.